The van der Waals surface area contributed by atoms with E-state index in [1.807, 2.05) is 48.6 Å². The van der Waals surface area contributed by atoms with Crippen LogP contribution in [0.25, 0.3) is 23.1 Å². The largest absolute Gasteiger partial charge is 0.342 e. The Morgan fingerprint density at radius 3 is 2.63 bits per heavy atom. The molecule has 136 valence electrons. The van der Waals surface area contributed by atoms with Gasteiger partial charge in [0.15, 0.2) is 0 Å². The fourth-order valence-electron chi connectivity index (χ4n) is 3.14. The van der Waals surface area contributed by atoms with Gasteiger partial charge in [-0.05, 0) is 29.8 Å². The number of nitrogens with zero attached hydrogens (tertiary/aromatic N) is 3. The molecule has 1 aromatic heterocycles. The maximum Gasteiger partial charge on any atom is 0.254 e. The molecule has 2 aromatic carbocycles. The van der Waals surface area contributed by atoms with Gasteiger partial charge in [-0.25, -0.2) is 0 Å². The Hall–Kier alpha value is -3.41. The number of likely N-dealkylation sites (N-methyl/N-ethyl adjacent to an activating group) is 1. The van der Waals surface area contributed by atoms with Gasteiger partial charge in [-0.3, -0.25) is 14.7 Å². The average Bonchev–Trinajstić information content (AvgIpc) is 3.11. The molecule has 0 spiro atoms. The summed E-state index contributed by atoms with van der Waals surface area (Å²) < 4.78 is 0. The normalized spacial score (nSPS) is 15.1. The summed E-state index contributed by atoms with van der Waals surface area (Å²) in [5.74, 6) is -0.134. The van der Waals surface area contributed by atoms with Gasteiger partial charge >= 0.3 is 0 Å². The number of carbonyl (C=O) groups excluding carboxylic acids is 2. The number of H-pyrrole nitrogens is 1. The van der Waals surface area contributed by atoms with E-state index in [0.717, 1.165) is 22.2 Å². The van der Waals surface area contributed by atoms with Crippen molar-refractivity contribution in [3.05, 3.63) is 65.4 Å². The number of hydrogen-bond acceptors (Lipinski definition) is 3. The monoisotopic (exact) mass is 360 g/mol. The molecule has 6 nitrogen and oxygen atoms in total. The number of piperazine rings is 1. The molecule has 0 unspecified atom stereocenters. The van der Waals surface area contributed by atoms with Crippen molar-refractivity contribution in [3.63, 3.8) is 0 Å². The highest BCUT2D eigenvalue weighted by atomic mass is 16.2. The van der Waals surface area contributed by atoms with Crippen molar-refractivity contribution in [2.75, 3.05) is 26.7 Å². The Morgan fingerprint density at radius 1 is 1.07 bits per heavy atom. The second-order valence-electron chi connectivity index (χ2n) is 6.65. The van der Waals surface area contributed by atoms with Crippen LogP contribution in [-0.2, 0) is 4.79 Å². The number of rotatable bonds is 3. The van der Waals surface area contributed by atoms with E-state index in [1.54, 1.807) is 29.0 Å². The lowest BCUT2D eigenvalue weighted by Crippen LogP contribution is -2.50. The molecular formula is C21H20N4O2. The van der Waals surface area contributed by atoms with Gasteiger partial charge < -0.3 is 9.80 Å². The topological polar surface area (TPSA) is 69.3 Å². The first kappa shape index (κ1) is 17.0. The van der Waals surface area contributed by atoms with E-state index < -0.39 is 0 Å². The van der Waals surface area contributed by atoms with Crippen LogP contribution in [0, 0.1) is 0 Å². The summed E-state index contributed by atoms with van der Waals surface area (Å²) in [5, 5.41) is 8.40. The number of fused-ring (bicyclic) bond motifs is 1. The highest BCUT2D eigenvalue weighted by Crippen LogP contribution is 2.18. The van der Waals surface area contributed by atoms with Crippen LogP contribution in [0.1, 0.15) is 21.6 Å². The van der Waals surface area contributed by atoms with Crippen LogP contribution in [0.3, 0.4) is 0 Å². The summed E-state index contributed by atoms with van der Waals surface area (Å²) in [6.07, 6.45) is 3.92. The van der Waals surface area contributed by atoms with E-state index in [4.69, 9.17) is 0 Å². The third-order valence-electron chi connectivity index (χ3n) is 4.84. The Labute approximate surface area is 157 Å². The lowest BCUT2D eigenvalue weighted by molar-refractivity contribution is -0.133. The number of carbonyl (C=O) groups is 2. The molecule has 1 aliphatic heterocycles. The number of aromatic amines is 1. The second kappa shape index (κ2) is 7.07. The van der Waals surface area contributed by atoms with Crippen LogP contribution in [0.2, 0.25) is 0 Å². The summed E-state index contributed by atoms with van der Waals surface area (Å²) in [7, 11) is 1.76. The predicted molar refractivity (Wildman–Crippen MR) is 105 cm³/mol. The maximum atomic E-state index is 12.6. The number of hydrogen-bond donors (Lipinski definition) is 1. The minimum absolute atomic E-state index is 0.0274. The number of para-hydroxylation sites is 1. The van der Waals surface area contributed by atoms with E-state index in [1.165, 1.54) is 0 Å². The molecule has 0 saturated carbocycles. The smallest absolute Gasteiger partial charge is 0.254 e. The number of nitrogens with one attached hydrogen (secondary N) is 1. The van der Waals surface area contributed by atoms with Gasteiger partial charge in [-0.2, -0.15) is 5.10 Å². The molecule has 1 saturated heterocycles. The van der Waals surface area contributed by atoms with Gasteiger partial charge in [0, 0.05) is 31.1 Å². The van der Waals surface area contributed by atoms with Crippen molar-refractivity contribution in [1.82, 2.24) is 20.0 Å². The van der Waals surface area contributed by atoms with Crippen LogP contribution in [-0.4, -0.2) is 58.5 Å². The molecule has 2 amide bonds. The van der Waals surface area contributed by atoms with E-state index >= 15 is 0 Å². The fraction of sp³-hybridized carbons (Fsp3) is 0.190. The number of aromatic nitrogens is 2. The minimum Gasteiger partial charge on any atom is -0.342 e. The van der Waals surface area contributed by atoms with Crippen molar-refractivity contribution in [2.45, 2.75) is 0 Å². The standard InChI is InChI=1S/C21H20N4O2/c1-24-12-13-25(14-20(24)26)21(27)16-9-6-15(7-10-16)8-11-19-17-4-2-3-5-18(17)22-23-19/h2-11H,12-14H2,1H3,(H,22,23). The lowest BCUT2D eigenvalue weighted by Gasteiger charge is -2.32. The minimum atomic E-state index is -0.106. The van der Waals surface area contributed by atoms with Crippen LogP contribution in [0.15, 0.2) is 48.5 Å². The van der Waals surface area contributed by atoms with Crippen molar-refractivity contribution in [1.29, 1.82) is 0 Å². The third kappa shape index (κ3) is 3.46. The Morgan fingerprint density at radius 2 is 1.85 bits per heavy atom. The molecule has 3 aromatic rings. The Balaban J connectivity index is 1.47. The Kier molecular flexibility index (Phi) is 4.46. The lowest BCUT2D eigenvalue weighted by atomic mass is 10.1. The summed E-state index contributed by atoms with van der Waals surface area (Å²) in [5.41, 5.74) is 3.45. The van der Waals surface area contributed by atoms with Crippen molar-refractivity contribution in [3.8, 4) is 0 Å². The van der Waals surface area contributed by atoms with Crippen molar-refractivity contribution < 1.29 is 9.59 Å². The van der Waals surface area contributed by atoms with E-state index in [9.17, 15) is 9.59 Å². The highest BCUT2D eigenvalue weighted by molar-refractivity contribution is 5.97. The van der Waals surface area contributed by atoms with Gasteiger partial charge in [0.25, 0.3) is 5.91 Å². The maximum absolute atomic E-state index is 12.6. The van der Waals surface area contributed by atoms with E-state index in [2.05, 4.69) is 10.2 Å². The molecule has 6 heteroatoms. The molecule has 0 bridgehead atoms. The molecule has 2 heterocycles. The van der Waals surface area contributed by atoms with Crippen molar-refractivity contribution in [2.24, 2.45) is 0 Å². The van der Waals surface area contributed by atoms with E-state index in [0.29, 0.717) is 18.7 Å². The zero-order chi connectivity index (χ0) is 18.8. The molecule has 0 atom stereocenters. The highest BCUT2D eigenvalue weighted by Gasteiger charge is 2.25. The first-order valence-corrected chi connectivity index (χ1v) is 8.86. The Bertz CT molecular complexity index is 1020. The molecule has 1 aliphatic rings. The van der Waals surface area contributed by atoms with Gasteiger partial charge in [0.05, 0.1) is 11.2 Å². The van der Waals surface area contributed by atoms with Gasteiger partial charge in [-0.15, -0.1) is 0 Å². The molecular weight excluding hydrogens is 340 g/mol. The molecule has 0 radical (unpaired) electrons. The summed E-state index contributed by atoms with van der Waals surface area (Å²) in [4.78, 5) is 27.6. The molecule has 1 N–H and O–H groups in total. The second-order valence-corrected chi connectivity index (χ2v) is 6.65. The average molecular weight is 360 g/mol. The summed E-state index contributed by atoms with van der Waals surface area (Å²) in [6.45, 7) is 1.28. The molecule has 0 aliphatic carbocycles. The van der Waals surface area contributed by atoms with Crippen LogP contribution in [0.4, 0.5) is 0 Å². The van der Waals surface area contributed by atoms with Crippen LogP contribution in [0.5, 0.6) is 0 Å². The van der Waals surface area contributed by atoms with Crippen LogP contribution < -0.4 is 0 Å². The zero-order valence-corrected chi connectivity index (χ0v) is 15.1. The van der Waals surface area contributed by atoms with Gasteiger partial charge in [0.1, 0.15) is 6.54 Å². The van der Waals surface area contributed by atoms with Crippen LogP contribution >= 0.6 is 0 Å². The quantitative estimate of drug-likeness (QED) is 0.781. The third-order valence-corrected chi connectivity index (χ3v) is 4.84. The number of amides is 2. The first-order chi connectivity index (χ1) is 13.1. The van der Waals surface area contributed by atoms with Gasteiger partial charge in [0.2, 0.25) is 5.91 Å². The summed E-state index contributed by atoms with van der Waals surface area (Å²) in [6, 6.07) is 15.4. The van der Waals surface area contributed by atoms with E-state index in [-0.39, 0.29) is 18.4 Å². The SMILES string of the molecule is CN1CCN(C(=O)c2ccc(C=Cc3n[nH]c4ccccc34)cc2)CC1=O. The molecule has 27 heavy (non-hydrogen) atoms. The molecule has 4 rings (SSSR count). The van der Waals surface area contributed by atoms with Crippen molar-refractivity contribution >= 4 is 34.9 Å². The summed E-state index contributed by atoms with van der Waals surface area (Å²) >= 11 is 0. The number of benzene rings is 2. The first-order valence-electron chi connectivity index (χ1n) is 8.86. The molecule has 1 fully saturated rings. The fourth-order valence-corrected chi connectivity index (χ4v) is 3.14. The predicted octanol–water partition coefficient (Wildman–Crippen LogP) is 2.65. The van der Waals surface area contributed by atoms with Gasteiger partial charge in [-0.1, -0.05) is 36.4 Å². The zero-order valence-electron chi connectivity index (χ0n) is 15.1.